The van der Waals surface area contributed by atoms with Gasteiger partial charge in [-0.05, 0) is 0 Å². The van der Waals surface area contributed by atoms with E-state index in [2.05, 4.69) is 0 Å². The van der Waals surface area contributed by atoms with E-state index in [1.54, 1.807) is 0 Å². The fourth-order valence-corrected chi connectivity index (χ4v) is 0.615. The van der Waals surface area contributed by atoms with Gasteiger partial charge < -0.3 is 30.3 Å². The second-order valence-electron chi connectivity index (χ2n) is 2.39. The van der Waals surface area contributed by atoms with E-state index < -0.39 is 30.4 Å². The number of aliphatic hydroxyl groups is 4. The number of carbonyl (C=O) groups is 2. The summed E-state index contributed by atoms with van der Waals surface area (Å²) in [5.41, 5.74) is 0. The standard InChI is InChI=1S/C6H10O7/c7-1-2(8)3(9)4(10)5(11)6(12)13/h1-5,8-11H,(H,12,13)/t2-,3+,4+,5+/m1/s1. The van der Waals surface area contributed by atoms with E-state index in [0.717, 1.165) is 0 Å². The minimum absolute atomic E-state index is 0.0809. The van der Waals surface area contributed by atoms with Crippen molar-refractivity contribution in [2.45, 2.75) is 24.4 Å². The van der Waals surface area contributed by atoms with Crippen molar-refractivity contribution in [2.75, 3.05) is 0 Å². The molecule has 0 radical (unpaired) electrons. The fraction of sp³-hybridized carbons (Fsp3) is 0.667. The second-order valence-corrected chi connectivity index (χ2v) is 2.39. The van der Waals surface area contributed by atoms with E-state index in [-0.39, 0.29) is 6.29 Å². The normalized spacial score (nSPS) is 20.0. The van der Waals surface area contributed by atoms with Gasteiger partial charge in [0.15, 0.2) is 12.4 Å². The summed E-state index contributed by atoms with van der Waals surface area (Å²) in [7, 11) is 0. The van der Waals surface area contributed by atoms with E-state index in [1.165, 1.54) is 0 Å². The molecular weight excluding hydrogens is 184 g/mol. The van der Waals surface area contributed by atoms with Gasteiger partial charge in [-0.3, -0.25) is 0 Å². The summed E-state index contributed by atoms with van der Waals surface area (Å²) in [6, 6.07) is 0. The number of carboxylic acid groups (broad SMARTS) is 1. The van der Waals surface area contributed by atoms with Crippen LogP contribution in [0, 0.1) is 0 Å². The average Bonchev–Trinajstić information content (AvgIpc) is 2.12. The van der Waals surface area contributed by atoms with Gasteiger partial charge in [0.25, 0.3) is 0 Å². The highest BCUT2D eigenvalue weighted by Crippen LogP contribution is 2.03. The van der Waals surface area contributed by atoms with Gasteiger partial charge >= 0.3 is 5.97 Å². The molecule has 0 aliphatic rings. The monoisotopic (exact) mass is 194 g/mol. The lowest BCUT2D eigenvalue weighted by atomic mass is 10.0. The van der Waals surface area contributed by atoms with E-state index >= 15 is 0 Å². The molecule has 0 bridgehead atoms. The lowest BCUT2D eigenvalue weighted by Gasteiger charge is -2.21. The molecule has 0 amide bonds. The van der Waals surface area contributed by atoms with Gasteiger partial charge in [-0.15, -0.1) is 0 Å². The predicted molar refractivity (Wildman–Crippen MR) is 37.7 cm³/mol. The minimum atomic E-state index is -2.25. The first kappa shape index (κ1) is 12.0. The van der Waals surface area contributed by atoms with E-state index in [9.17, 15) is 9.59 Å². The van der Waals surface area contributed by atoms with Gasteiger partial charge in [0.05, 0.1) is 0 Å². The smallest absolute Gasteiger partial charge is 0.335 e. The largest absolute Gasteiger partial charge is 0.479 e. The predicted octanol–water partition coefficient (Wildman–Crippen LogP) is -3.29. The van der Waals surface area contributed by atoms with Crippen molar-refractivity contribution in [2.24, 2.45) is 0 Å². The lowest BCUT2D eigenvalue weighted by Crippen LogP contribution is -2.48. The van der Waals surface area contributed by atoms with Crippen LogP contribution in [0.25, 0.3) is 0 Å². The molecule has 0 rings (SSSR count). The molecule has 7 heteroatoms. The molecule has 0 unspecified atom stereocenters. The fourth-order valence-electron chi connectivity index (χ4n) is 0.615. The number of hydrogen-bond donors (Lipinski definition) is 5. The van der Waals surface area contributed by atoms with Crippen LogP contribution in [0.4, 0.5) is 0 Å². The molecule has 0 heterocycles. The average molecular weight is 194 g/mol. The Morgan fingerprint density at radius 3 is 1.85 bits per heavy atom. The molecule has 0 aromatic rings. The van der Waals surface area contributed by atoms with Crippen LogP contribution in [0.1, 0.15) is 0 Å². The van der Waals surface area contributed by atoms with E-state index in [0.29, 0.717) is 0 Å². The van der Waals surface area contributed by atoms with E-state index in [1.807, 2.05) is 0 Å². The maximum atomic E-state index is 10.1. The first-order chi connectivity index (χ1) is 5.91. The number of aldehydes is 1. The van der Waals surface area contributed by atoms with Gasteiger partial charge in [0, 0.05) is 0 Å². The summed E-state index contributed by atoms with van der Waals surface area (Å²) in [5, 5.41) is 43.2. The topological polar surface area (TPSA) is 135 Å². The Labute approximate surface area is 72.9 Å². The number of carbonyl (C=O) groups excluding carboxylic acids is 1. The van der Waals surface area contributed by atoms with Crippen molar-refractivity contribution in [3.63, 3.8) is 0 Å². The Morgan fingerprint density at radius 2 is 1.54 bits per heavy atom. The van der Waals surface area contributed by atoms with Crippen LogP contribution in [-0.2, 0) is 9.59 Å². The molecule has 0 saturated carbocycles. The van der Waals surface area contributed by atoms with Crippen LogP contribution in [0.5, 0.6) is 0 Å². The summed E-state index contributed by atoms with van der Waals surface area (Å²) >= 11 is 0. The summed E-state index contributed by atoms with van der Waals surface area (Å²) in [6.07, 6.45) is -8.39. The summed E-state index contributed by atoms with van der Waals surface area (Å²) < 4.78 is 0. The molecule has 7 nitrogen and oxygen atoms in total. The first-order valence-corrected chi connectivity index (χ1v) is 3.32. The Balaban J connectivity index is 4.32. The van der Waals surface area contributed by atoms with Crippen LogP contribution < -0.4 is 0 Å². The minimum Gasteiger partial charge on any atom is -0.479 e. The molecule has 0 aliphatic carbocycles. The van der Waals surface area contributed by atoms with Crippen LogP contribution in [0.15, 0.2) is 0 Å². The molecule has 0 aromatic heterocycles. The molecule has 0 spiro atoms. The molecule has 4 atom stereocenters. The molecule has 0 aliphatic heterocycles. The third kappa shape index (κ3) is 3.07. The van der Waals surface area contributed by atoms with Crippen LogP contribution in [0.3, 0.4) is 0 Å². The highest BCUT2D eigenvalue weighted by atomic mass is 16.4. The summed E-state index contributed by atoms with van der Waals surface area (Å²) in [5.74, 6) is -1.76. The number of hydrogen-bond acceptors (Lipinski definition) is 6. The van der Waals surface area contributed by atoms with Crippen molar-refractivity contribution in [3.05, 3.63) is 0 Å². The molecule has 0 saturated heterocycles. The van der Waals surface area contributed by atoms with Crippen molar-refractivity contribution in [1.82, 2.24) is 0 Å². The van der Waals surface area contributed by atoms with Gasteiger partial charge in [-0.2, -0.15) is 0 Å². The zero-order chi connectivity index (χ0) is 10.6. The number of aliphatic hydroxyl groups excluding tert-OH is 4. The highest BCUT2D eigenvalue weighted by Gasteiger charge is 2.33. The molecule has 5 N–H and O–H groups in total. The van der Waals surface area contributed by atoms with Crippen molar-refractivity contribution < 1.29 is 35.1 Å². The Bertz CT molecular complexity index is 191. The zero-order valence-corrected chi connectivity index (χ0v) is 6.44. The van der Waals surface area contributed by atoms with Gasteiger partial charge in [-0.1, -0.05) is 0 Å². The Morgan fingerprint density at radius 1 is 1.08 bits per heavy atom. The van der Waals surface area contributed by atoms with Gasteiger partial charge in [0.2, 0.25) is 0 Å². The van der Waals surface area contributed by atoms with Crippen LogP contribution >= 0.6 is 0 Å². The third-order valence-corrected chi connectivity index (χ3v) is 1.42. The van der Waals surface area contributed by atoms with E-state index in [4.69, 9.17) is 25.5 Å². The Hall–Kier alpha value is -1.02. The Kier molecular flexibility index (Phi) is 4.49. The molecular formula is C6H10O7. The molecule has 0 fully saturated rings. The first-order valence-electron chi connectivity index (χ1n) is 3.32. The van der Waals surface area contributed by atoms with Crippen molar-refractivity contribution in [1.29, 1.82) is 0 Å². The third-order valence-electron chi connectivity index (χ3n) is 1.42. The maximum absolute atomic E-state index is 10.1. The number of aliphatic carboxylic acids is 1. The number of carboxylic acids is 1. The second kappa shape index (κ2) is 4.87. The lowest BCUT2D eigenvalue weighted by molar-refractivity contribution is -0.163. The molecule has 76 valence electrons. The summed E-state index contributed by atoms with van der Waals surface area (Å²) in [4.78, 5) is 20.0. The van der Waals surface area contributed by atoms with Crippen LogP contribution in [0.2, 0.25) is 0 Å². The van der Waals surface area contributed by atoms with Crippen LogP contribution in [-0.4, -0.2) is 62.2 Å². The van der Waals surface area contributed by atoms with Gasteiger partial charge in [-0.25, -0.2) is 4.79 Å². The van der Waals surface area contributed by atoms with Crippen molar-refractivity contribution in [3.8, 4) is 0 Å². The molecule has 0 aromatic carbocycles. The van der Waals surface area contributed by atoms with Gasteiger partial charge in [0.1, 0.15) is 18.3 Å². The zero-order valence-electron chi connectivity index (χ0n) is 6.44. The van der Waals surface area contributed by atoms with Crippen molar-refractivity contribution >= 4 is 12.3 Å². The number of rotatable bonds is 5. The summed E-state index contributed by atoms with van der Waals surface area (Å²) in [6.45, 7) is 0. The molecule has 13 heavy (non-hydrogen) atoms. The maximum Gasteiger partial charge on any atom is 0.335 e. The quantitative estimate of drug-likeness (QED) is 0.289. The highest BCUT2D eigenvalue weighted by molar-refractivity contribution is 5.73. The SMILES string of the molecule is O=C[C@@H](O)[C@H](O)[C@H](O)[C@H](O)C(=O)O.